The summed E-state index contributed by atoms with van der Waals surface area (Å²) < 4.78 is 5.93. The van der Waals surface area contributed by atoms with Gasteiger partial charge in [-0.15, -0.1) is 0 Å². The number of benzene rings is 2. The summed E-state index contributed by atoms with van der Waals surface area (Å²) in [6.07, 6.45) is 19.0. The van der Waals surface area contributed by atoms with E-state index in [0.717, 1.165) is 29.7 Å². The fourth-order valence-corrected chi connectivity index (χ4v) is 4.12. The number of carbonyl (C=O) groups excluding carboxylic acids is 1. The van der Waals surface area contributed by atoms with Gasteiger partial charge in [-0.1, -0.05) is 120 Å². The Labute approximate surface area is 217 Å². The van der Waals surface area contributed by atoms with Crippen molar-refractivity contribution >= 4 is 23.7 Å². The van der Waals surface area contributed by atoms with Crippen molar-refractivity contribution in [1.29, 1.82) is 0 Å². The summed E-state index contributed by atoms with van der Waals surface area (Å²) in [6.45, 7) is 2.71. The van der Waals surface area contributed by atoms with E-state index in [1.54, 1.807) is 6.21 Å². The Morgan fingerprint density at radius 3 is 2.03 bits per heavy atom. The molecule has 1 N–H and O–H groups in total. The maximum atomic E-state index is 12.1. The maximum Gasteiger partial charge on any atom is 0.240 e. The second-order valence-corrected chi connectivity index (χ2v) is 9.68. The topological polar surface area (TPSA) is 50.7 Å². The number of nitrogens with zero attached hydrogens (tertiary/aromatic N) is 1. The lowest BCUT2D eigenvalue weighted by Gasteiger charge is -2.09. The summed E-state index contributed by atoms with van der Waals surface area (Å²) >= 11 is 5.93. The molecule has 0 aromatic heterocycles. The van der Waals surface area contributed by atoms with E-state index in [2.05, 4.69) is 17.5 Å². The van der Waals surface area contributed by atoms with Gasteiger partial charge in [0.1, 0.15) is 12.4 Å². The van der Waals surface area contributed by atoms with Crippen LogP contribution < -0.4 is 10.2 Å². The van der Waals surface area contributed by atoms with Crippen LogP contribution in [-0.4, -0.2) is 12.1 Å². The molecule has 4 nitrogen and oxygen atoms in total. The van der Waals surface area contributed by atoms with Crippen LogP contribution in [0.5, 0.6) is 5.75 Å². The van der Waals surface area contributed by atoms with Crippen molar-refractivity contribution in [2.45, 2.75) is 103 Å². The van der Waals surface area contributed by atoms with Crippen LogP contribution in [0.15, 0.2) is 53.6 Å². The van der Waals surface area contributed by atoms with Crippen LogP contribution in [0, 0.1) is 0 Å². The van der Waals surface area contributed by atoms with E-state index < -0.39 is 0 Å². The van der Waals surface area contributed by atoms with Gasteiger partial charge < -0.3 is 4.74 Å². The number of carbonyl (C=O) groups is 1. The molecule has 0 bridgehead atoms. The van der Waals surface area contributed by atoms with E-state index in [1.165, 1.54) is 70.6 Å². The van der Waals surface area contributed by atoms with Gasteiger partial charge in [-0.2, -0.15) is 5.10 Å². The van der Waals surface area contributed by atoms with Crippen molar-refractivity contribution in [2.75, 3.05) is 0 Å². The first-order valence-corrected chi connectivity index (χ1v) is 13.8. The third-order valence-corrected chi connectivity index (χ3v) is 6.38. The SMILES string of the molecule is CCCCCCCCCCCCCCCC(=O)NN=Cc1ccccc1OCc1ccc(Cl)cc1. The molecule has 0 fully saturated rings. The molecule has 2 aromatic rings. The van der Waals surface area contributed by atoms with Crippen LogP contribution in [0.2, 0.25) is 5.02 Å². The quantitative estimate of drug-likeness (QED) is 0.119. The minimum absolute atomic E-state index is 0.0381. The number of nitrogens with one attached hydrogen (secondary N) is 1. The Morgan fingerprint density at radius 1 is 0.829 bits per heavy atom. The normalized spacial score (nSPS) is 11.1. The maximum absolute atomic E-state index is 12.1. The van der Waals surface area contributed by atoms with Crippen LogP contribution in [0.3, 0.4) is 0 Å². The Morgan fingerprint density at radius 2 is 1.40 bits per heavy atom. The molecule has 2 rings (SSSR count). The largest absolute Gasteiger partial charge is 0.488 e. The zero-order valence-electron chi connectivity index (χ0n) is 21.4. The molecular weight excluding hydrogens is 456 g/mol. The van der Waals surface area contributed by atoms with Crippen molar-refractivity contribution in [3.63, 3.8) is 0 Å². The first-order chi connectivity index (χ1) is 17.2. The van der Waals surface area contributed by atoms with Gasteiger partial charge in [0.25, 0.3) is 0 Å². The van der Waals surface area contributed by atoms with Gasteiger partial charge in [0.15, 0.2) is 0 Å². The number of rotatable bonds is 19. The first kappa shape index (κ1) is 28.9. The lowest BCUT2D eigenvalue weighted by Crippen LogP contribution is -2.17. The fourth-order valence-electron chi connectivity index (χ4n) is 3.99. The summed E-state index contributed by atoms with van der Waals surface area (Å²) in [7, 11) is 0. The Balaban J connectivity index is 1.53. The minimum Gasteiger partial charge on any atom is -0.488 e. The van der Waals surface area contributed by atoms with E-state index in [1.807, 2.05) is 48.5 Å². The molecular formula is C30H43ClN2O2. The van der Waals surface area contributed by atoms with E-state index >= 15 is 0 Å². The smallest absolute Gasteiger partial charge is 0.240 e. The number of hydrogen-bond acceptors (Lipinski definition) is 3. The molecule has 0 heterocycles. The van der Waals surface area contributed by atoms with E-state index in [0.29, 0.717) is 18.1 Å². The van der Waals surface area contributed by atoms with Crippen LogP contribution in [0.4, 0.5) is 0 Å². The second-order valence-electron chi connectivity index (χ2n) is 9.24. The van der Waals surface area contributed by atoms with Crippen molar-refractivity contribution < 1.29 is 9.53 Å². The fraction of sp³-hybridized carbons (Fsp3) is 0.533. The molecule has 0 saturated carbocycles. The summed E-state index contributed by atoms with van der Waals surface area (Å²) in [4.78, 5) is 12.1. The third kappa shape index (κ3) is 14.0. The van der Waals surface area contributed by atoms with E-state index in [9.17, 15) is 4.79 Å². The Hall–Kier alpha value is -2.33. The molecule has 0 aliphatic heterocycles. The van der Waals surface area contributed by atoms with Gasteiger partial charge in [-0.05, 0) is 36.2 Å². The number of para-hydroxylation sites is 1. The molecule has 0 spiro atoms. The minimum atomic E-state index is -0.0381. The van der Waals surface area contributed by atoms with Crippen LogP contribution >= 0.6 is 11.6 Å². The predicted octanol–water partition coefficient (Wildman–Crippen LogP) is 8.85. The van der Waals surface area contributed by atoms with Crippen molar-refractivity contribution in [1.82, 2.24) is 5.43 Å². The number of halogens is 1. The highest BCUT2D eigenvalue weighted by Gasteiger charge is 2.03. The van der Waals surface area contributed by atoms with E-state index in [4.69, 9.17) is 16.3 Å². The van der Waals surface area contributed by atoms with Crippen LogP contribution in [0.25, 0.3) is 0 Å². The van der Waals surface area contributed by atoms with Crippen LogP contribution in [0.1, 0.15) is 108 Å². The summed E-state index contributed by atoms with van der Waals surface area (Å²) in [5, 5.41) is 4.83. The zero-order chi connectivity index (χ0) is 25.0. The first-order valence-electron chi connectivity index (χ1n) is 13.5. The van der Waals surface area contributed by atoms with Crippen molar-refractivity contribution in [3.8, 4) is 5.75 Å². The van der Waals surface area contributed by atoms with E-state index in [-0.39, 0.29) is 5.91 Å². The number of amides is 1. The van der Waals surface area contributed by atoms with Crippen LogP contribution in [-0.2, 0) is 11.4 Å². The standard InChI is InChI=1S/C30H43ClN2O2/c1-2-3-4-5-6-7-8-9-10-11-12-13-14-19-30(34)33-32-24-27-17-15-16-18-29(27)35-25-26-20-22-28(31)23-21-26/h15-18,20-24H,2-14,19,25H2,1H3,(H,33,34). The third-order valence-electron chi connectivity index (χ3n) is 6.13. The number of ether oxygens (including phenoxy) is 1. The van der Waals surface area contributed by atoms with Gasteiger partial charge in [-0.3, -0.25) is 4.79 Å². The molecule has 35 heavy (non-hydrogen) atoms. The highest BCUT2D eigenvalue weighted by Crippen LogP contribution is 2.18. The van der Waals surface area contributed by atoms with Gasteiger partial charge >= 0.3 is 0 Å². The average Bonchev–Trinajstić information content (AvgIpc) is 2.87. The van der Waals surface area contributed by atoms with Gasteiger partial charge in [0.2, 0.25) is 5.91 Å². The molecule has 0 saturated heterocycles. The van der Waals surface area contributed by atoms with Gasteiger partial charge in [0, 0.05) is 17.0 Å². The lowest BCUT2D eigenvalue weighted by molar-refractivity contribution is -0.121. The molecule has 0 atom stereocenters. The lowest BCUT2D eigenvalue weighted by atomic mass is 10.0. The summed E-state index contributed by atoms with van der Waals surface area (Å²) in [6, 6.07) is 15.2. The molecule has 2 aromatic carbocycles. The molecule has 0 radical (unpaired) electrons. The molecule has 1 amide bonds. The van der Waals surface area contributed by atoms with Gasteiger partial charge in [0.05, 0.1) is 6.21 Å². The molecule has 0 aliphatic rings. The van der Waals surface area contributed by atoms with Crippen molar-refractivity contribution in [3.05, 3.63) is 64.7 Å². The molecule has 0 aliphatic carbocycles. The van der Waals surface area contributed by atoms with Crippen molar-refractivity contribution in [2.24, 2.45) is 5.10 Å². The molecule has 192 valence electrons. The summed E-state index contributed by atoms with van der Waals surface area (Å²) in [5.41, 5.74) is 4.50. The zero-order valence-corrected chi connectivity index (χ0v) is 22.2. The number of unbranched alkanes of at least 4 members (excludes halogenated alkanes) is 12. The molecule has 5 heteroatoms. The Kier molecular flexibility index (Phi) is 15.6. The summed E-state index contributed by atoms with van der Waals surface area (Å²) in [5.74, 6) is 0.681. The molecule has 0 unspecified atom stereocenters. The second kappa shape index (κ2) is 18.9. The number of hydrogen-bond donors (Lipinski definition) is 1. The van der Waals surface area contributed by atoms with Gasteiger partial charge in [-0.25, -0.2) is 5.43 Å². The number of hydrazone groups is 1. The predicted molar refractivity (Wildman–Crippen MR) is 148 cm³/mol. The Bertz CT molecular complexity index is 852. The highest BCUT2D eigenvalue weighted by atomic mass is 35.5. The average molecular weight is 499 g/mol. The highest BCUT2D eigenvalue weighted by molar-refractivity contribution is 6.30. The monoisotopic (exact) mass is 498 g/mol.